The molecule has 8 rings (SSSR count). The van der Waals surface area contributed by atoms with Crippen LogP contribution in [0.1, 0.15) is 37.8 Å². The van der Waals surface area contributed by atoms with Crippen molar-refractivity contribution < 1.29 is 14.4 Å². The number of imide groups is 1. The van der Waals surface area contributed by atoms with Crippen molar-refractivity contribution in [3.63, 3.8) is 0 Å². The number of para-hydroxylation sites is 1. The molecule has 7 heteroatoms. The van der Waals surface area contributed by atoms with Gasteiger partial charge < -0.3 is 0 Å². The quantitative estimate of drug-likeness (QED) is 0.249. The lowest BCUT2D eigenvalue weighted by Crippen LogP contribution is -2.54. The number of rotatable bonds is 4. The summed E-state index contributed by atoms with van der Waals surface area (Å²) in [5, 5.41) is 6.27. The zero-order valence-electron chi connectivity index (χ0n) is 19.6. The van der Waals surface area contributed by atoms with Gasteiger partial charge in [-0.05, 0) is 45.8 Å². The molecule has 37 heavy (non-hydrogen) atoms. The molecule has 4 aromatic rings. The van der Waals surface area contributed by atoms with Gasteiger partial charge in [-0.25, -0.2) is 10.3 Å². The number of nitrogens with zero attached hydrogens (tertiary/aromatic N) is 2. The van der Waals surface area contributed by atoms with Crippen molar-refractivity contribution in [2.24, 2.45) is 16.9 Å². The summed E-state index contributed by atoms with van der Waals surface area (Å²) in [4.78, 5) is 42.8. The number of benzene rings is 3. The van der Waals surface area contributed by atoms with E-state index >= 15 is 0 Å². The third kappa shape index (κ3) is 2.92. The van der Waals surface area contributed by atoms with Gasteiger partial charge in [-0.15, -0.1) is 11.3 Å². The molecule has 1 aliphatic heterocycles. The summed E-state index contributed by atoms with van der Waals surface area (Å²) >= 11 is 1.33. The highest BCUT2D eigenvalue weighted by Gasteiger charge is 2.68. The molecule has 180 valence electrons. The fraction of sp³-hybridized carbons (Fsp3) is 0.133. The van der Waals surface area contributed by atoms with Crippen molar-refractivity contribution in [1.82, 2.24) is 5.43 Å². The van der Waals surface area contributed by atoms with Crippen LogP contribution in [0.2, 0.25) is 0 Å². The van der Waals surface area contributed by atoms with Gasteiger partial charge in [0.1, 0.15) is 0 Å². The highest BCUT2D eigenvalue weighted by molar-refractivity contribution is 7.12. The van der Waals surface area contributed by atoms with Crippen LogP contribution in [-0.2, 0) is 15.0 Å². The molecule has 1 N–H and O–H groups in total. The van der Waals surface area contributed by atoms with E-state index in [9.17, 15) is 14.4 Å². The Kier molecular flexibility index (Phi) is 4.78. The van der Waals surface area contributed by atoms with Gasteiger partial charge in [0.25, 0.3) is 5.91 Å². The first-order valence-corrected chi connectivity index (χ1v) is 13.0. The number of amides is 3. The number of anilines is 1. The lowest BCUT2D eigenvalue weighted by atomic mass is 9.47. The van der Waals surface area contributed by atoms with Gasteiger partial charge in [0, 0.05) is 12.1 Å². The van der Waals surface area contributed by atoms with Crippen molar-refractivity contribution in [1.29, 1.82) is 0 Å². The van der Waals surface area contributed by atoms with Crippen LogP contribution in [0.5, 0.6) is 0 Å². The predicted molar refractivity (Wildman–Crippen MR) is 142 cm³/mol. The Morgan fingerprint density at radius 3 is 2.14 bits per heavy atom. The standard InChI is InChI=1S/C30H21N3O3S/c34-27(23-15-8-16-37-23)32-31-17-30-21-13-6-4-11-19(21)24(20-12-5-7-14-22(20)30)25-26(30)29(36)33(28(25)35)18-9-2-1-3-10-18/h1-17,24-26H,(H,32,34)/b31-17-/t24?,25-,26-,30?/m0/s1. The van der Waals surface area contributed by atoms with Crippen LogP contribution in [0.4, 0.5) is 5.69 Å². The van der Waals surface area contributed by atoms with Gasteiger partial charge in [-0.2, -0.15) is 5.10 Å². The fourth-order valence-corrected chi connectivity index (χ4v) is 7.15. The topological polar surface area (TPSA) is 78.8 Å². The SMILES string of the molecule is O=C(N/N=C\C12c3ccccc3C(c3ccccc31)[C@@H]1C(=O)N(c3ccccc3)C(=O)[C@H]12)c1cccs1. The maximum absolute atomic E-state index is 14.2. The maximum Gasteiger partial charge on any atom is 0.281 e. The van der Waals surface area contributed by atoms with Gasteiger partial charge in [0.05, 0.1) is 27.8 Å². The van der Waals surface area contributed by atoms with Crippen LogP contribution in [0.15, 0.2) is 101 Å². The number of carbonyl (C=O) groups excluding carboxylic acids is 3. The molecule has 0 radical (unpaired) electrons. The minimum Gasteiger partial charge on any atom is -0.274 e. The van der Waals surface area contributed by atoms with E-state index in [-0.39, 0.29) is 23.6 Å². The minimum atomic E-state index is -1.01. The zero-order chi connectivity index (χ0) is 25.1. The number of hydrogen-bond acceptors (Lipinski definition) is 5. The molecule has 1 fully saturated rings. The second-order valence-electron chi connectivity index (χ2n) is 9.55. The van der Waals surface area contributed by atoms with Crippen molar-refractivity contribution in [2.75, 3.05) is 4.90 Å². The second kappa shape index (κ2) is 8.08. The largest absolute Gasteiger partial charge is 0.281 e. The van der Waals surface area contributed by atoms with E-state index in [1.165, 1.54) is 16.2 Å². The number of thiophene rings is 1. The number of nitrogens with one attached hydrogen (secondary N) is 1. The van der Waals surface area contributed by atoms with Gasteiger partial charge in [-0.1, -0.05) is 72.8 Å². The normalized spacial score (nSPS) is 25.2. The molecule has 3 amide bonds. The number of hydrogen-bond donors (Lipinski definition) is 1. The molecule has 6 nitrogen and oxygen atoms in total. The van der Waals surface area contributed by atoms with E-state index in [4.69, 9.17) is 0 Å². The molecule has 3 aliphatic carbocycles. The Balaban J connectivity index is 1.44. The molecule has 3 aromatic carbocycles. The lowest BCUT2D eigenvalue weighted by Gasteiger charge is -2.52. The lowest BCUT2D eigenvalue weighted by molar-refractivity contribution is -0.122. The molecule has 0 saturated carbocycles. The first kappa shape index (κ1) is 21.9. The van der Waals surface area contributed by atoms with Gasteiger partial charge in [0.2, 0.25) is 11.8 Å². The molecule has 1 aromatic heterocycles. The summed E-state index contributed by atoms with van der Waals surface area (Å²) in [7, 11) is 0. The van der Waals surface area contributed by atoms with Gasteiger partial charge >= 0.3 is 0 Å². The van der Waals surface area contributed by atoms with Gasteiger partial charge in [0.15, 0.2) is 0 Å². The van der Waals surface area contributed by atoms with Crippen LogP contribution in [0, 0.1) is 11.8 Å². The highest BCUT2D eigenvalue weighted by atomic mass is 32.1. The Labute approximate surface area is 217 Å². The summed E-state index contributed by atoms with van der Waals surface area (Å²) in [5.41, 5.74) is 6.15. The summed E-state index contributed by atoms with van der Waals surface area (Å²) in [6, 6.07) is 28.6. The number of hydrazone groups is 1. The van der Waals surface area contributed by atoms with Crippen LogP contribution in [0.3, 0.4) is 0 Å². The Morgan fingerprint density at radius 2 is 1.49 bits per heavy atom. The second-order valence-corrected chi connectivity index (χ2v) is 10.5. The van der Waals surface area contributed by atoms with Crippen LogP contribution in [-0.4, -0.2) is 23.9 Å². The van der Waals surface area contributed by atoms with E-state index in [0.29, 0.717) is 10.6 Å². The van der Waals surface area contributed by atoms with Crippen LogP contribution in [0.25, 0.3) is 0 Å². The van der Waals surface area contributed by atoms with E-state index in [1.807, 2.05) is 78.2 Å². The van der Waals surface area contributed by atoms with E-state index in [1.54, 1.807) is 24.4 Å². The first-order valence-electron chi connectivity index (χ1n) is 12.1. The summed E-state index contributed by atoms with van der Waals surface area (Å²) in [6.07, 6.45) is 1.68. The smallest absolute Gasteiger partial charge is 0.274 e. The average Bonchev–Trinajstić information content (AvgIpc) is 3.57. The number of carbonyl (C=O) groups is 3. The average molecular weight is 504 g/mol. The molecule has 2 bridgehead atoms. The van der Waals surface area contributed by atoms with Crippen LogP contribution < -0.4 is 10.3 Å². The third-order valence-electron chi connectivity index (χ3n) is 7.88. The van der Waals surface area contributed by atoms with Crippen molar-refractivity contribution in [3.8, 4) is 0 Å². The minimum absolute atomic E-state index is 0.199. The van der Waals surface area contributed by atoms with E-state index in [0.717, 1.165) is 22.3 Å². The zero-order valence-corrected chi connectivity index (χ0v) is 20.4. The molecule has 1 saturated heterocycles. The molecule has 2 atom stereocenters. The Hall–Kier alpha value is -4.36. The van der Waals surface area contributed by atoms with Crippen molar-refractivity contribution >= 4 is 41.0 Å². The molecular formula is C30H21N3O3S. The maximum atomic E-state index is 14.2. The monoisotopic (exact) mass is 503 g/mol. The summed E-state index contributed by atoms with van der Waals surface area (Å²) in [6.45, 7) is 0. The van der Waals surface area contributed by atoms with Gasteiger partial charge in [-0.3, -0.25) is 14.4 Å². The molecule has 0 spiro atoms. The van der Waals surface area contributed by atoms with Crippen molar-refractivity contribution in [2.45, 2.75) is 11.3 Å². The van der Waals surface area contributed by atoms with Crippen molar-refractivity contribution in [3.05, 3.63) is 124 Å². The van der Waals surface area contributed by atoms with E-state index < -0.39 is 17.3 Å². The molecule has 4 aliphatic rings. The first-order chi connectivity index (χ1) is 18.1. The molecular weight excluding hydrogens is 482 g/mol. The Bertz CT molecular complexity index is 1550. The predicted octanol–water partition coefficient (Wildman–Crippen LogP) is 4.71. The third-order valence-corrected chi connectivity index (χ3v) is 8.75. The summed E-state index contributed by atoms with van der Waals surface area (Å²) in [5.74, 6) is -2.25. The molecule has 2 heterocycles. The highest BCUT2D eigenvalue weighted by Crippen LogP contribution is 2.63. The Morgan fingerprint density at radius 1 is 0.838 bits per heavy atom. The molecule has 0 unspecified atom stereocenters. The fourth-order valence-electron chi connectivity index (χ4n) is 6.54. The van der Waals surface area contributed by atoms with E-state index in [2.05, 4.69) is 10.5 Å². The van der Waals surface area contributed by atoms with Crippen LogP contribution >= 0.6 is 11.3 Å². The summed E-state index contributed by atoms with van der Waals surface area (Å²) < 4.78 is 0.